The molecule has 0 saturated carbocycles. The maximum Gasteiger partial charge on any atom is 0.239 e. The van der Waals surface area contributed by atoms with E-state index in [0.29, 0.717) is 18.9 Å². The minimum atomic E-state index is -0.0126. The van der Waals surface area contributed by atoms with E-state index in [4.69, 9.17) is 4.52 Å². The summed E-state index contributed by atoms with van der Waals surface area (Å²) < 4.78 is 4.94. The summed E-state index contributed by atoms with van der Waals surface area (Å²) in [6.07, 6.45) is 5.06. The molecule has 0 spiro atoms. The third kappa shape index (κ3) is 3.29. The van der Waals surface area contributed by atoms with Crippen molar-refractivity contribution in [2.24, 2.45) is 0 Å². The van der Waals surface area contributed by atoms with E-state index in [1.165, 1.54) is 6.33 Å². The molecule has 2 heterocycles. The highest BCUT2D eigenvalue weighted by Gasteiger charge is 2.27. The maximum absolute atomic E-state index is 12.2. The zero-order chi connectivity index (χ0) is 12.8. The molecule has 6 nitrogen and oxygen atoms in total. The Kier molecular flexibility index (Phi) is 4.69. The normalized spacial score (nSPS) is 20.4. The summed E-state index contributed by atoms with van der Waals surface area (Å²) in [7, 11) is 0. The van der Waals surface area contributed by atoms with Crippen LogP contribution < -0.4 is 5.32 Å². The first kappa shape index (κ1) is 13.0. The van der Waals surface area contributed by atoms with Gasteiger partial charge in [-0.2, -0.15) is 4.98 Å². The van der Waals surface area contributed by atoms with Crippen molar-refractivity contribution in [3.05, 3.63) is 12.2 Å². The molecule has 0 bridgehead atoms. The van der Waals surface area contributed by atoms with E-state index < -0.39 is 0 Å². The third-order valence-corrected chi connectivity index (χ3v) is 3.17. The van der Waals surface area contributed by atoms with Crippen LogP contribution in [0.2, 0.25) is 0 Å². The molecule has 1 aliphatic rings. The predicted octanol–water partition coefficient (Wildman–Crippen LogP) is 0.603. The number of carbonyl (C=O) groups is 1. The number of hydrogen-bond donors (Lipinski definition) is 1. The van der Waals surface area contributed by atoms with Gasteiger partial charge in [-0.05, 0) is 25.8 Å². The van der Waals surface area contributed by atoms with E-state index >= 15 is 0 Å². The summed E-state index contributed by atoms with van der Waals surface area (Å²) in [5, 5.41) is 6.86. The van der Waals surface area contributed by atoms with E-state index in [1.54, 1.807) is 0 Å². The van der Waals surface area contributed by atoms with Crippen LogP contribution in [0.5, 0.6) is 0 Å². The number of hydrogen-bond acceptors (Lipinski definition) is 5. The first-order chi connectivity index (χ1) is 8.81. The smallest absolute Gasteiger partial charge is 0.239 e. The summed E-state index contributed by atoms with van der Waals surface area (Å²) in [5.74, 6) is 0.792. The van der Waals surface area contributed by atoms with Gasteiger partial charge < -0.3 is 14.7 Å². The fraction of sp³-hybridized carbons (Fsp3) is 0.750. The lowest BCUT2D eigenvalue weighted by Crippen LogP contribution is -2.51. The van der Waals surface area contributed by atoms with Crippen LogP contribution in [-0.2, 0) is 11.2 Å². The number of carbonyl (C=O) groups excluding carboxylic acids is 1. The Balaban J connectivity index is 1.82. The van der Waals surface area contributed by atoms with Crippen LogP contribution in [0.4, 0.5) is 0 Å². The van der Waals surface area contributed by atoms with Crippen molar-refractivity contribution in [1.29, 1.82) is 0 Å². The molecule has 1 amide bonds. The first-order valence-electron chi connectivity index (χ1n) is 6.59. The molecule has 1 aliphatic heterocycles. The van der Waals surface area contributed by atoms with E-state index in [0.717, 1.165) is 32.4 Å². The van der Waals surface area contributed by atoms with Gasteiger partial charge in [0.1, 0.15) is 0 Å². The maximum atomic E-state index is 12.2. The van der Waals surface area contributed by atoms with Gasteiger partial charge in [0.15, 0.2) is 6.33 Å². The molecule has 1 aromatic heterocycles. The molecule has 1 aromatic rings. The lowest BCUT2D eigenvalue weighted by molar-refractivity contribution is -0.135. The minimum Gasteiger partial charge on any atom is -0.341 e. The molecule has 0 aromatic carbocycles. The summed E-state index contributed by atoms with van der Waals surface area (Å²) in [4.78, 5) is 18.0. The van der Waals surface area contributed by atoms with E-state index in [-0.39, 0.29) is 11.9 Å². The van der Waals surface area contributed by atoms with Crippen molar-refractivity contribution in [2.75, 3.05) is 19.6 Å². The van der Waals surface area contributed by atoms with Gasteiger partial charge in [-0.25, -0.2) is 0 Å². The Morgan fingerprint density at radius 1 is 1.61 bits per heavy atom. The Morgan fingerprint density at radius 3 is 3.22 bits per heavy atom. The molecule has 1 saturated heterocycles. The molecule has 1 unspecified atom stereocenters. The monoisotopic (exact) mass is 252 g/mol. The van der Waals surface area contributed by atoms with Gasteiger partial charge >= 0.3 is 0 Å². The number of piperidine rings is 1. The van der Waals surface area contributed by atoms with Gasteiger partial charge in [0.2, 0.25) is 11.8 Å². The van der Waals surface area contributed by atoms with Gasteiger partial charge in [-0.1, -0.05) is 12.1 Å². The van der Waals surface area contributed by atoms with Crippen molar-refractivity contribution in [3.8, 4) is 0 Å². The zero-order valence-electron chi connectivity index (χ0n) is 10.8. The highest BCUT2D eigenvalue weighted by Crippen LogP contribution is 2.12. The molecule has 1 atom stereocenters. The lowest BCUT2D eigenvalue weighted by Gasteiger charge is -2.32. The summed E-state index contributed by atoms with van der Waals surface area (Å²) in [6, 6.07) is -0.0126. The Labute approximate surface area is 107 Å². The number of rotatable bonds is 6. The van der Waals surface area contributed by atoms with Crippen LogP contribution in [0.3, 0.4) is 0 Å². The van der Waals surface area contributed by atoms with Gasteiger partial charge in [-0.3, -0.25) is 4.79 Å². The molecule has 18 heavy (non-hydrogen) atoms. The topological polar surface area (TPSA) is 71.3 Å². The standard InChI is InChI=1S/C12H20N4O2/c1-2-6-13-10-4-3-7-16(12(10)17)8-5-11-14-9-15-18-11/h9-10,13H,2-8H2,1H3. The summed E-state index contributed by atoms with van der Waals surface area (Å²) in [6.45, 7) is 4.49. The number of amides is 1. The highest BCUT2D eigenvalue weighted by molar-refractivity contribution is 5.82. The van der Waals surface area contributed by atoms with Gasteiger partial charge in [0, 0.05) is 19.5 Å². The second kappa shape index (κ2) is 6.49. The minimum absolute atomic E-state index is 0.0126. The number of nitrogens with one attached hydrogen (secondary N) is 1. The van der Waals surface area contributed by atoms with Gasteiger partial charge in [-0.15, -0.1) is 0 Å². The molecule has 100 valence electrons. The van der Waals surface area contributed by atoms with Crippen molar-refractivity contribution in [1.82, 2.24) is 20.4 Å². The van der Waals surface area contributed by atoms with Crippen LogP contribution in [0.15, 0.2) is 10.9 Å². The molecule has 1 N–H and O–H groups in total. The highest BCUT2D eigenvalue weighted by atomic mass is 16.5. The number of aromatic nitrogens is 2. The Morgan fingerprint density at radius 2 is 2.50 bits per heavy atom. The van der Waals surface area contributed by atoms with Crippen LogP contribution in [0.1, 0.15) is 32.1 Å². The zero-order valence-corrected chi connectivity index (χ0v) is 10.8. The SMILES string of the molecule is CCCNC1CCCN(CCc2ncno2)C1=O. The predicted molar refractivity (Wildman–Crippen MR) is 65.9 cm³/mol. The van der Waals surface area contributed by atoms with Gasteiger partial charge in [0.25, 0.3) is 0 Å². The van der Waals surface area contributed by atoms with E-state index in [9.17, 15) is 4.79 Å². The quantitative estimate of drug-likeness (QED) is 0.803. The van der Waals surface area contributed by atoms with Crippen molar-refractivity contribution in [2.45, 2.75) is 38.6 Å². The number of nitrogens with zero attached hydrogens (tertiary/aromatic N) is 3. The third-order valence-electron chi connectivity index (χ3n) is 3.17. The van der Waals surface area contributed by atoms with Gasteiger partial charge in [0.05, 0.1) is 6.04 Å². The summed E-state index contributed by atoms with van der Waals surface area (Å²) >= 11 is 0. The van der Waals surface area contributed by atoms with Crippen molar-refractivity contribution in [3.63, 3.8) is 0 Å². The fourth-order valence-electron chi connectivity index (χ4n) is 2.21. The lowest BCUT2D eigenvalue weighted by atomic mass is 10.0. The second-order valence-electron chi connectivity index (χ2n) is 4.56. The molecule has 1 fully saturated rings. The summed E-state index contributed by atoms with van der Waals surface area (Å²) in [5.41, 5.74) is 0. The van der Waals surface area contributed by atoms with Crippen LogP contribution >= 0.6 is 0 Å². The van der Waals surface area contributed by atoms with E-state index in [1.807, 2.05) is 4.90 Å². The van der Waals surface area contributed by atoms with E-state index in [2.05, 4.69) is 22.4 Å². The molecular weight excluding hydrogens is 232 g/mol. The van der Waals surface area contributed by atoms with Crippen LogP contribution in [0, 0.1) is 0 Å². The largest absolute Gasteiger partial charge is 0.341 e. The molecule has 2 rings (SSSR count). The van der Waals surface area contributed by atoms with Crippen molar-refractivity contribution < 1.29 is 9.32 Å². The molecule has 0 radical (unpaired) electrons. The Hall–Kier alpha value is -1.43. The molecule has 6 heteroatoms. The Bertz CT molecular complexity index is 366. The average molecular weight is 252 g/mol. The number of likely N-dealkylation sites (tertiary alicyclic amines) is 1. The second-order valence-corrected chi connectivity index (χ2v) is 4.56. The van der Waals surface area contributed by atoms with Crippen LogP contribution in [-0.4, -0.2) is 46.6 Å². The first-order valence-corrected chi connectivity index (χ1v) is 6.59. The van der Waals surface area contributed by atoms with Crippen molar-refractivity contribution >= 4 is 5.91 Å². The average Bonchev–Trinajstić information content (AvgIpc) is 2.89. The fourth-order valence-corrected chi connectivity index (χ4v) is 2.21. The molecule has 0 aliphatic carbocycles. The van der Waals surface area contributed by atoms with Crippen LogP contribution in [0.25, 0.3) is 0 Å². The molecular formula is C12H20N4O2.